The first-order valence-corrected chi connectivity index (χ1v) is 7.14. The highest BCUT2D eigenvalue weighted by Crippen LogP contribution is 2.18. The number of hydrogen-bond acceptors (Lipinski definition) is 4. The molecule has 21 heavy (non-hydrogen) atoms. The van der Waals surface area contributed by atoms with Crippen molar-refractivity contribution in [3.63, 3.8) is 0 Å². The molecule has 0 bridgehead atoms. The standard InChI is InChI=1S/C15H21N3O3/c1-2-13(15(20)21)18-9-7-17(8-10-18)12-5-3-11(4-6-12)14(16)19/h3-6,13H,2,7-10H2,1H3,(H2,16,19)(H,20,21). The molecule has 1 atom stereocenters. The number of nitrogens with two attached hydrogens (primary N) is 1. The number of amides is 1. The van der Waals surface area contributed by atoms with E-state index in [2.05, 4.69) is 4.90 Å². The van der Waals surface area contributed by atoms with Crippen molar-refractivity contribution < 1.29 is 14.7 Å². The number of aliphatic carboxylic acids is 1. The van der Waals surface area contributed by atoms with Gasteiger partial charge in [0.2, 0.25) is 5.91 Å². The number of rotatable bonds is 5. The number of benzene rings is 1. The minimum atomic E-state index is -0.753. The predicted molar refractivity (Wildman–Crippen MR) is 80.5 cm³/mol. The van der Waals surface area contributed by atoms with E-state index in [1.807, 2.05) is 24.0 Å². The summed E-state index contributed by atoms with van der Waals surface area (Å²) in [5.74, 6) is -1.18. The zero-order valence-electron chi connectivity index (χ0n) is 12.2. The van der Waals surface area contributed by atoms with E-state index < -0.39 is 17.9 Å². The van der Waals surface area contributed by atoms with Gasteiger partial charge in [-0.25, -0.2) is 0 Å². The molecule has 0 spiro atoms. The third-order valence-corrected chi connectivity index (χ3v) is 3.94. The number of nitrogens with zero attached hydrogens (tertiary/aromatic N) is 2. The number of carboxylic acid groups (broad SMARTS) is 1. The minimum Gasteiger partial charge on any atom is -0.480 e. The highest BCUT2D eigenvalue weighted by molar-refractivity contribution is 5.93. The van der Waals surface area contributed by atoms with Crippen LogP contribution in [0.1, 0.15) is 23.7 Å². The first kappa shape index (κ1) is 15.3. The molecule has 1 aliphatic heterocycles. The third-order valence-electron chi connectivity index (χ3n) is 3.94. The van der Waals surface area contributed by atoms with Crippen molar-refractivity contribution in [3.8, 4) is 0 Å². The van der Waals surface area contributed by atoms with Gasteiger partial charge in [0, 0.05) is 37.4 Å². The number of carboxylic acids is 1. The summed E-state index contributed by atoms with van der Waals surface area (Å²) in [6.07, 6.45) is 0.614. The average molecular weight is 291 g/mol. The lowest BCUT2D eigenvalue weighted by atomic mass is 10.1. The van der Waals surface area contributed by atoms with Crippen molar-refractivity contribution in [2.24, 2.45) is 5.73 Å². The highest BCUT2D eigenvalue weighted by Gasteiger charge is 2.27. The van der Waals surface area contributed by atoms with E-state index in [1.54, 1.807) is 12.1 Å². The van der Waals surface area contributed by atoms with Gasteiger partial charge in [0.15, 0.2) is 0 Å². The van der Waals surface area contributed by atoms with E-state index in [0.717, 1.165) is 31.9 Å². The van der Waals surface area contributed by atoms with E-state index in [1.165, 1.54) is 0 Å². The fourth-order valence-corrected chi connectivity index (χ4v) is 2.72. The Hall–Kier alpha value is -2.08. The zero-order chi connectivity index (χ0) is 15.4. The summed E-state index contributed by atoms with van der Waals surface area (Å²) in [5.41, 5.74) is 6.75. The summed E-state index contributed by atoms with van der Waals surface area (Å²) >= 11 is 0. The van der Waals surface area contributed by atoms with E-state index in [-0.39, 0.29) is 0 Å². The second-order valence-corrected chi connectivity index (χ2v) is 5.20. The van der Waals surface area contributed by atoms with E-state index in [4.69, 9.17) is 5.73 Å². The molecule has 1 unspecified atom stereocenters. The lowest BCUT2D eigenvalue weighted by molar-refractivity contribution is -0.143. The summed E-state index contributed by atoms with van der Waals surface area (Å²) in [7, 11) is 0. The Morgan fingerprint density at radius 1 is 1.19 bits per heavy atom. The quantitative estimate of drug-likeness (QED) is 0.837. The van der Waals surface area contributed by atoms with Crippen LogP contribution in [-0.4, -0.2) is 54.1 Å². The third kappa shape index (κ3) is 3.52. The summed E-state index contributed by atoms with van der Waals surface area (Å²) in [6, 6.07) is 6.80. The molecule has 114 valence electrons. The van der Waals surface area contributed by atoms with Crippen LogP contribution in [0.2, 0.25) is 0 Å². The van der Waals surface area contributed by atoms with Crippen LogP contribution in [0.25, 0.3) is 0 Å². The molecule has 1 fully saturated rings. The molecule has 0 radical (unpaired) electrons. The highest BCUT2D eigenvalue weighted by atomic mass is 16.4. The van der Waals surface area contributed by atoms with Gasteiger partial charge in [0.1, 0.15) is 6.04 Å². The largest absolute Gasteiger partial charge is 0.480 e. The molecule has 0 aromatic heterocycles. The molecule has 1 aliphatic rings. The molecule has 1 heterocycles. The molecule has 6 nitrogen and oxygen atoms in total. The van der Waals surface area contributed by atoms with E-state index in [9.17, 15) is 14.7 Å². The maximum absolute atomic E-state index is 11.2. The molecule has 1 saturated heterocycles. The van der Waals surface area contributed by atoms with Crippen molar-refractivity contribution in [3.05, 3.63) is 29.8 Å². The van der Waals surface area contributed by atoms with Crippen LogP contribution in [0.3, 0.4) is 0 Å². The number of piperazine rings is 1. The van der Waals surface area contributed by atoms with Crippen LogP contribution in [0.4, 0.5) is 5.69 Å². The van der Waals surface area contributed by atoms with Crippen molar-refractivity contribution in [1.82, 2.24) is 4.90 Å². The monoisotopic (exact) mass is 291 g/mol. The molecule has 6 heteroatoms. The fraction of sp³-hybridized carbons (Fsp3) is 0.467. The van der Waals surface area contributed by atoms with E-state index in [0.29, 0.717) is 12.0 Å². The molecule has 3 N–H and O–H groups in total. The molecule has 0 aliphatic carbocycles. The van der Waals surface area contributed by atoms with Crippen LogP contribution < -0.4 is 10.6 Å². The first-order valence-electron chi connectivity index (χ1n) is 7.14. The van der Waals surface area contributed by atoms with Crippen molar-refractivity contribution in [1.29, 1.82) is 0 Å². The van der Waals surface area contributed by atoms with Crippen molar-refractivity contribution in [2.75, 3.05) is 31.1 Å². The van der Waals surface area contributed by atoms with Gasteiger partial charge in [0.25, 0.3) is 0 Å². The SMILES string of the molecule is CCC(C(=O)O)N1CCN(c2ccc(C(N)=O)cc2)CC1. The van der Waals surface area contributed by atoms with Crippen molar-refractivity contribution >= 4 is 17.6 Å². The van der Waals surface area contributed by atoms with Crippen molar-refractivity contribution in [2.45, 2.75) is 19.4 Å². The Balaban J connectivity index is 1.97. The molecule has 2 rings (SSSR count). The topological polar surface area (TPSA) is 86.9 Å². The van der Waals surface area contributed by atoms with Gasteiger partial charge in [-0.05, 0) is 30.7 Å². The van der Waals surface area contributed by atoms with Gasteiger partial charge in [-0.2, -0.15) is 0 Å². The molecule has 0 saturated carbocycles. The lowest BCUT2D eigenvalue weighted by Crippen LogP contribution is -2.52. The Labute approximate surface area is 124 Å². The second-order valence-electron chi connectivity index (χ2n) is 5.20. The smallest absolute Gasteiger partial charge is 0.320 e. The first-order chi connectivity index (χ1) is 10.0. The number of anilines is 1. The van der Waals surface area contributed by atoms with Crippen LogP contribution in [-0.2, 0) is 4.79 Å². The predicted octanol–water partition coefficient (Wildman–Crippen LogP) is 0.771. The van der Waals surface area contributed by atoms with Gasteiger partial charge in [-0.1, -0.05) is 6.92 Å². The molecular weight excluding hydrogens is 270 g/mol. The van der Waals surface area contributed by atoms with Crippen LogP contribution >= 0.6 is 0 Å². The Bertz CT molecular complexity index is 507. The number of carbonyl (C=O) groups is 2. The summed E-state index contributed by atoms with van der Waals surface area (Å²) in [5, 5.41) is 9.19. The van der Waals surface area contributed by atoms with Crippen LogP contribution in [0, 0.1) is 0 Å². The maximum Gasteiger partial charge on any atom is 0.320 e. The van der Waals surface area contributed by atoms with Gasteiger partial charge in [-0.15, -0.1) is 0 Å². The Morgan fingerprint density at radius 3 is 2.19 bits per heavy atom. The zero-order valence-corrected chi connectivity index (χ0v) is 12.2. The molecule has 1 aromatic carbocycles. The van der Waals surface area contributed by atoms with Gasteiger partial charge in [-0.3, -0.25) is 14.5 Å². The van der Waals surface area contributed by atoms with Gasteiger partial charge < -0.3 is 15.7 Å². The number of primary amides is 1. The normalized spacial score (nSPS) is 17.5. The number of hydrogen-bond donors (Lipinski definition) is 2. The lowest BCUT2D eigenvalue weighted by Gasteiger charge is -2.38. The second kappa shape index (κ2) is 6.58. The Morgan fingerprint density at radius 2 is 1.76 bits per heavy atom. The van der Waals surface area contributed by atoms with Crippen LogP contribution in [0.15, 0.2) is 24.3 Å². The molecule has 1 aromatic rings. The van der Waals surface area contributed by atoms with Gasteiger partial charge >= 0.3 is 5.97 Å². The minimum absolute atomic E-state index is 0.399. The summed E-state index contributed by atoms with van der Waals surface area (Å²) < 4.78 is 0. The summed E-state index contributed by atoms with van der Waals surface area (Å²) in [4.78, 5) is 26.4. The fourth-order valence-electron chi connectivity index (χ4n) is 2.72. The van der Waals surface area contributed by atoms with Crippen LogP contribution in [0.5, 0.6) is 0 Å². The molecule has 1 amide bonds. The van der Waals surface area contributed by atoms with Gasteiger partial charge in [0.05, 0.1) is 0 Å². The average Bonchev–Trinajstić information content (AvgIpc) is 2.48. The Kier molecular flexibility index (Phi) is 4.80. The molecular formula is C15H21N3O3. The summed E-state index contributed by atoms with van der Waals surface area (Å²) in [6.45, 7) is 4.90. The van der Waals surface area contributed by atoms with E-state index >= 15 is 0 Å². The number of carbonyl (C=O) groups excluding carboxylic acids is 1. The maximum atomic E-state index is 11.2.